The largest absolute Gasteiger partial charge is 0.355 e. The predicted molar refractivity (Wildman–Crippen MR) is 90.8 cm³/mol. The lowest BCUT2D eigenvalue weighted by atomic mass is 9.82. The maximum absolute atomic E-state index is 11.8. The summed E-state index contributed by atoms with van der Waals surface area (Å²) in [5.74, 6) is 1.06. The van der Waals surface area contributed by atoms with Crippen LogP contribution in [0.25, 0.3) is 0 Å². The minimum atomic E-state index is -0.199. The first-order valence-corrected chi connectivity index (χ1v) is 8.17. The fraction of sp³-hybridized carbons (Fsp3) is 0.333. The Labute approximate surface area is 140 Å². The van der Waals surface area contributed by atoms with Crippen LogP contribution in [0, 0.1) is 6.92 Å². The van der Waals surface area contributed by atoms with E-state index in [1.165, 1.54) is 11.1 Å². The van der Waals surface area contributed by atoms with E-state index in [1.807, 2.05) is 6.07 Å². The minimum Gasteiger partial charge on any atom is -0.355 e. The number of benzene rings is 1. The number of carbonyl (C=O) groups is 1. The molecule has 0 saturated carbocycles. The first-order valence-electron chi connectivity index (χ1n) is 7.79. The number of halogens is 1. The van der Waals surface area contributed by atoms with Crippen molar-refractivity contribution in [2.24, 2.45) is 0 Å². The second-order valence-electron chi connectivity index (χ2n) is 6.60. The summed E-state index contributed by atoms with van der Waals surface area (Å²) in [5, 5.41) is 3.59. The quantitative estimate of drug-likeness (QED) is 0.922. The zero-order valence-corrected chi connectivity index (χ0v) is 13.7. The zero-order valence-electron chi connectivity index (χ0n) is 13.0. The zero-order chi connectivity index (χ0) is 16.0. The van der Waals surface area contributed by atoms with Crippen LogP contribution in [0.3, 0.4) is 0 Å². The molecule has 1 aromatic heterocycles. The van der Waals surface area contributed by atoms with Crippen molar-refractivity contribution < 1.29 is 4.79 Å². The molecule has 1 N–H and O–H groups in total. The van der Waals surface area contributed by atoms with Crippen molar-refractivity contribution in [1.82, 2.24) is 10.3 Å². The minimum absolute atomic E-state index is 0.105. The lowest BCUT2D eigenvalue weighted by molar-refractivity contribution is -0.119. The Bertz CT molecular complexity index is 774. The Morgan fingerprint density at radius 3 is 2.83 bits per heavy atom. The van der Waals surface area contributed by atoms with Gasteiger partial charge in [0.25, 0.3) is 0 Å². The lowest BCUT2D eigenvalue weighted by Crippen LogP contribution is -2.35. The number of hydrogen-bond donors (Lipinski definition) is 1. The average molecular weight is 328 g/mol. The molecule has 2 aromatic rings. The number of amides is 1. The molecule has 2 aliphatic heterocycles. The predicted octanol–water partition coefficient (Wildman–Crippen LogP) is 2.82. The third-order valence-electron chi connectivity index (χ3n) is 4.81. The van der Waals surface area contributed by atoms with Crippen LogP contribution >= 0.6 is 11.6 Å². The van der Waals surface area contributed by atoms with E-state index < -0.39 is 0 Å². The van der Waals surface area contributed by atoms with Crippen molar-refractivity contribution in [3.8, 4) is 0 Å². The third kappa shape index (κ3) is 2.47. The smallest absolute Gasteiger partial charge is 0.221 e. The topological polar surface area (TPSA) is 45.2 Å². The van der Waals surface area contributed by atoms with Crippen LogP contribution in [0.1, 0.15) is 23.1 Å². The molecule has 1 spiro atoms. The molecular weight excluding hydrogens is 310 g/mol. The standard InChI is InChI=1S/C18H18ClN3O/c1-12-2-4-13(5-3-12)9-22-11-18(7-16(23)21-10-18)15-6-14(19)8-20-17(15)22/h2-6,8H,7,9-11H2,1H3,(H,21,23). The maximum Gasteiger partial charge on any atom is 0.221 e. The van der Waals surface area contributed by atoms with E-state index in [1.54, 1.807) is 6.20 Å². The molecule has 1 saturated heterocycles. The van der Waals surface area contributed by atoms with Gasteiger partial charge in [-0.2, -0.15) is 0 Å². The Kier molecular flexibility index (Phi) is 3.31. The molecule has 23 heavy (non-hydrogen) atoms. The Hall–Kier alpha value is -2.07. The number of rotatable bonds is 2. The van der Waals surface area contributed by atoms with E-state index in [0.29, 0.717) is 18.0 Å². The van der Waals surface area contributed by atoms with Crippen LogP contribution in [-0.4, -0.2) is 24.0 Å². The summed E-state index contributed by atoms with van der Waals surface area (Å²) in [5.41, 5.74) is 3.39. The average Bonchev–Trinajstić information content (AvgIpc) is 3.03. The van der Waals surface area contributed by atoms with Gasteiger partial charge in [-0.15, -0.1) is 0 Å². The molecule has 0 radical (unpaired) electrons. The number of pyridine rings is 1. The molecule has 4 rings (SSSR count). The normalized spacial score (nSPS) is 22.5. The van der Waals surface area contributed by atoms with Crippen molar-refractivity contribution in [3.63, 3.8) is 0 Å². The van der Waals surface area contributed by atoms with E-state index in [0.717, 1.165) is 24.5 Å². The summed E-state index contributed by atoms with van der Waals surface area (Å²) in [6.45, 7) is 4.33. The maximum atomic E-state index is 11.8. The van der Waals surface area contributed by atoms with Crippen molar-refractivity contribution in [1.29, 1.82) is 0 Å². The van der Waals surface area contributed by atoms with Crippen LogP contribution in [0.2, 0.25) is 5.02 Å². The highest BCUT2D eigenvalue weighted by Crippen LogP contribution is 2.44. The van der Waals surface area contributed by atoms with Gasteiger partial charge in [0, 0.05) is 43.2 Å². The molecule has 2 aliphatic rings. The number of fused-ring (bicyclic) bond motifs is 2. The van der Waals surface area contributed by atoms with E-state index in [2.05, 4.69) is 46.4 Å². The molecular formula is C18H18ClN3O. The van der Waals surface area contributed by atoms with E-state index in [4.69, 9.17) is 11.6 Å². The summed E-state index contributed by atoms with van der Waals surface area (Å²) in [4.78, 5) is 18.6. The van der Waals surface area contributed by atoms with Crippen LogP contribution in [-0.2, 0) is 16.8 Å². The molecule has 0 aliphatic carbocycles. The summed E-state index contributed by atoms with van der Waals surface area (Å²) >= 11 is 6.16. The SMILES string of the molecule is Cc1ccc(CN2CC3(CNC(=O)C3)c3cc(Cl)cnc32)cc1. The second kappa shape index (κ2) is 5.24. The first-order chi connectivity index (χ1) is 11.1. The fourth-order valence-corrected chi connectivity index (χ4v) is 3.80. The van der Waals surface area contributed by atoms with Gasteiger partial charge in [-0.25, -0.2) is 4.98 Å². The van der Waals surface area contributed by atoms with Crippen molar-refractivity contribution >= 4 is 23.3 Å². The first kappa shape index (κ1) is 14.5. The molecule has 5 heteroatoms. The third-order valence-corrected chi connectivity index (χ3v) is 5.02. The highest BCUT2D eigenvalue weighted by molar-refractivity contribution is 6.30. The molecule has 1 fully saturated rings. The number of hydrogen-bond acceptors (Lipinski definition) is 3. The van der Waals surface area contributed by atoms with Crippen LogP contribution < -0.4 is 10.2 Å². The molecule has 4 nitrogen and oxygen atoms in total. The number of nitrogens with one attached hydrogen (secondary N) is 1. The Balaban J connectivity index is 1.70. The van der Waals surface area contributed by atoms with Gasteiger partial charge in [0.2, 0.25) is 5.91 Å². The van der Waals surface area contributed by atoms with Gasteiger partial charge in [0.1, 0.15) is 5.82 Å². The van der Waals surface area contributed by atoms with Gasteiger partial charge in [-0.1, -0.05) is 41.4 Å². The van der Waals surface area contributed by atoms with Crippen LogP contribution in [0.5, 0.6) is 0 Å². The van der Waals surface area contributed by atoms with Gasteiger partial charge < -0.3 is 10.2 Å². The lowest BCUT2D eigenvalue weighted by Gasteiger charge is -2.23. The summed E-state index contributed by atoms with van der Waals surface area (Å²) in [6.07, 6.45) is 2.19. The summed E-state index contributed by atoms with van der Waals surface area (Å²) < 4.78 is 0. The second-order valence-corrected chi connectivity index (χ2v) is 7.04. The molecule has 3 heterocycles. The van der Waals surface area contributed by atoms with Gasteiger partial charge >= 0.3 is 0 Å². The number of aromatic nitrogens is 1. The number of nitrogens with zero attached hydrogens (tertiary/aromatic N) is 2. The Morgan fingerprint density at radius 1 is 1.35 bits per heavy atom. The monoisotopic (exact) mass is 327 g/mol. The molecule has 1 atom stereocenters. The molecule has 1 amide bonds. The fourth-order valence-electron chi connectivity index (χ4n) is 3.65. The van der Waals surface area contributed by atoms with Gasteiger partial charge in [0.05, 0.1) is 5.02 Å². The van der Waals surface area contributed by atoms with E-state index in [-0.39, 0.29) is 11.3 Å². The number of anilines is 1. The van der Waals surface area contributed by atoms with Gasteiger partial charge in [0.15, 0.2) is 0 Å². The number of carbonyl (C=O) groups excluding carboxylic acids is 1. The molecule has 1 aromatic carbocycles. The summed E-state index contributed by atoms with van der Waals surface area (Å²) in [6, 6.07) is 10.5. The Morgan fingerprint density at radius 2 is 2.13 bits per heavy atom. The molecule has 0 bridgehead atoms. The van der Waals surface area contributed by atoms with Crippen LogP contribution in [0.15, 0.2) is 36.5 Å². The summed E-state index contributed by atoms with van der Waals surface area (Å²) in [7, 11) is 0. The number of aryl methyl sites for hydroxylation is 1. The molecule has 1 unspecified atom stereocenters. The van der Waals surface area contributed by atoms with Crippen LogP contribution in [0.4, 0.5) is 5.82 Å². The van der Waals surface area contributed by atoms with Gasteiger partial charge in [-0.05, 0) is 18.6 Å². The molecule has 118 valence electrons. The van der Waals surface area contributed by atoms with Crippen molar-refractivity contribution in [3.05, 3.63) is 58.2 Å². The van der Waals surface area contributed by atoms with E-state index in [9.17, 15) is 4.79 Å². The van der Waals surface area contributed by atoms with Crippen molar-refractivity contribution in [2.45, 2.75) is 25.3 Å². The van der Waals surface area contributed by atoms with Crippen molar-refractivity contribution in [2.75, 3.05) is 18.0 Å². The van der Waals surface area contributed by atoms with Gasteiger partial charge in [-0.3, -0.25) is 4.79 Å². The highest BCUT2D eigenvalue weighted by Gasteiger charge is 2.48. The van der Waals surface area contributed by atoms with E-state index >= 15 is 0 Å². The highest BCUT2D eigenvalue weighted by atomic mass is 35.5.